The van der Waals surface area contributed by atoms with Gasteiger partial charge in [0.1, 0.15) is 0 Å². The largest absolute Gasteiger partial charge is 0.376 e. The maximum absolute atomic E-state index is 11.3. The van der Waals surface area contributed by atoms with Gasteiger partial charge < -0.3 is 10.6 Å². The van der Waals surface area contributed by atoms with Crippen molar-refractivity contribution in [3.05, 3.63) is 29.8 Å². The molecule has 2 N–H and O–H groups in total. The molecule has 0 saturated carbocycles. The molecular weight excluding hydrogens is 214 g/mol. The van der Waals surface area contributed by atoms with Crippen molar-refractivity contribution in [3.8, 4) is 6.07 Å². The predicted octanol–water partition coefficient (Wildman–Crippen LogP) is 1.69. The SMILES string of the molecule is CCCNC(=O)CNc1ccc(CC#N)cc1. The molecule has 1 amide bonds. The molecule has 1 rings (SSSR count). The van der Waals surface area contributed by atoms with Crippen LogP contribution < -0.4 is 10.6 Å². The third-order valence-corrected chi connectivity index (χ3v) is 2.26. The van der Waals surface area contributed by atoms with Crippen molar-refractivity contribution in [2.45, 2.75) is 19.8 Å². The Balaban J connectivity index is 2.37. The van der Waals surface area contributed by atoms with Gasteiger partial charge in [0.25, 0.3) is 0 Å². The van der Waals surface area contributed by atoms with E-state index in [-0.39, 0.29) is 12.5 Å². The van der Waals surface area contributed by atoms with Gasteiger partial charge in [-0.05, 0) is 24.1 Å². The van der Waals surface area contributed by atoms with Crippen LogP contribution in [0.4, 0.5) is 5.69 Å². The number of anilines is 1. The van der Waals surface area contributed by atoms with E-state index >= 15 is 0 Å². The molecule has 0 unspecified atom stereocenters. The number of nitrogens with one attached hydrogen (secondary N) is 2. The van der Waals surface area contributed by atoms with Crippen LogP contribution in [0.2, 0.25) is 0 Å². The number of hydrogen-bond donors (Lipinski definition) is 2. The van der Waals surface area contributed by atoms with E-state index in [4.69, 9.17) is 5.26 Å². The first kappa shape index (κ1) is 13.0. The summed E-state index contributed by atoms with van der Waals surface area (Å²) in [6, 6.07) is 9.61. The fourth-order valence-corrected chi connectivity index (χ4v) is 1.34. The summed E-state index contributed by atoms with van der Waals surface area (Å²) in [5, 5.41) is 14.3. The van der Waals surface area contributed by atoms with E-state index in [1.807, 2.05) is 31.2 Å². The number of nitrogens with zero attached hydrogens (tertiary/aromatic N) is 1. The van der Waals surface area contributed by atoms with Crippen molar-refractivity contribution in [1.82, 2.24) is 5.32 Å². The molecule has 4 nitrogen and oxygen atoms in total. The molecule has 0 aliphatic carbocycles. The van der Waals surface area contributed by atoms with Gasteiger partial charge in [0.05, 0.1) is 19.0 Å². The normalized spacial score (nSPS) is 9.41. The Hall–Kier alpha value is -2.02. The van der Waals surface area contributed by atoms with E-state index in [2.05, 4.69) is 16.7 Å². The van der Waals surface area contributed by atoms with Crippen LogP contribution in [0.1, 0.15) is 18.9 Å². The van der Waals surface area contributed by atoms with Gasteiger partial charge in [-0.3, -0.25) is 4.79 Å². The first-order chi connectivity index (χ1) is 8.26. The summed E-state index contributed by atoms with van der Waals surface area (Å²) in [4.78, 5) is 11.3. The van der Waals surface area contributed by atoms with E-state index in [1.54, 1.807) is 0 Å². The predicted molar refractivity (Wildman–Crippen MR) is 67.5 cm³/mol. The molecule has 0 aliphatic rings. The Morgan fingerprint density at radius 3 is 2.65 bits per heavy atom. The lowest BCUT2D eigenvalue weighted by molar-refractivity contribution is -0.119. The molecular formula is C13H17N3O. The van der Waals surface area contributed by atoms with Crippen LogP contribution in [-0.2, 0) is 11.2 Å². The molecule has 0 aliphatic heterocycles. The van der Waals surface area contributed by atoms with Crippen LogP contribution in [-0.4, -0.2) is 19.0 Å². The lowest BCUT2D eigenvalue weighted by Gasteiger charge is -2.07. The quantitative estimate of drug-likeness (QED) is 0.783. The number of carbonyl (C=O) groups excluding carboxylic acids is 1. The number of nitriles is 1. The molecule has 4 heteroatoms. The topological polar surface area (TPSA) is 64.9 Å². The number of benzene rings is 1. The zero-order valence-electron chi connectivity index (χ0n) is 9.99. The van der Waals surface area contributed by atoms with E-state index in [0.717, 1.165) is 17.7 Å². The second-order valence-corrected chi connectivity index (χ2v) is 3.74. The fourth-order valence-electron chi connectivity index (χ4n) is 1.34. The first-order valence-corrected chi connectivity index (χ1v) is 5.72. The highest BCUT2D eigenvalue weighted by Gasteiger charge is 1.99. The van der Waals surface area contributed by atoms with Gasteiger partial charge >= 0.3 is 0 Å². The minimum absolute atomic E-state index is 0.00653. The van der Waals surface area contributed by atoms with Crippen LogP contribution in [0, 0.1) is 11.3 Å². The average molecular weight is 231 g/mol. The highest BCUT2D eigenvalue weighted by Crippen LogP contribution is 2.09. The van der Waals surface area contributed by atoms with E-state index in [1.165, 1.54) is 0 Å². The van der Waals surface area contributed by atoms with Crippen molar-refractivity contribution >= 4 is 11.6 Å². The van der Waals surface area contributed by atoms with Gasteiger partial charge in [-0.1, -0.05) is 19.1 Å². The van der Waals surface area contributed by atoms with Crippen LogP contribution in [0.3, 0.4) is 0 Å². The second kappa shape index (κ2) is 7.29. The molecule has 0 fully saturated rings. The van der Waals surface area contributed by atoms with Gasteiger partial charge in [-0.2, -0.15) is 5.26 Å². The Labute approximate surface area is 102 Å². The molecule has 0 atom stereocenters. The molecule has 0 radical (unpaired) electrons. The van der Waals surface area contributed by atoms with Crippen LogP contribution in [0.5, 0.6) is 0 Å². The molecule has 0 spiro atoms. The maximum atomic E-state index is 11.3. The third kappa shape index (κ3) is 5.03. The highest BCUT2D eigenvalue weighted by atomic mass is 16.1. The van der Waals surface area contributed by atoms with E-state index in [9.17, 15) is 4.79 Å². The Kier molecular flexibility index (Phi) is 5.59. The van der Waals surface area contributed by atoms with Crippen molar-refractivity contribution in [1.29, 1.82) is 5.26 Å². The molecule has 0 aromatic heterocycles. The lowest BCUT2D eigenvalue weighted by atomic mass is 10.1. The molecule has 0 bridgehead atoms. The number of rotatable bonds is 6. The minimum Gasteiger partial charge on any atom is -0.376 e. The number of hydrogen-bond acceptors (Lipinski definition) is 3. The van der Waals surface area contributed by atoms with Gasteiger partial charge in [0.2, 0.25) is 5.91 Å². The van der Waals surface area contributed by atoms with Gasteiger partial charge in [0.15, 0.2) is 0 Å². The second-order valence-electron chi connectivity index (χ2n) is 3.74. The first-order valence-electron chi connectivity index (χ1n) is 5.72. The fraction of sp³-hybridized carbons (Fsp3) is 0.385. The number of carbonyl (C=O) groups is 1. The van der Waals surface area contributed by atoms with Gasteiger partial charge in [-0.15, -0.1) is 0 Å². The van der Waals surface area contributed by atoms with E-state index in [0.29, 0.717) is 13.0 Å². The van der Waals surface area contributed by atoms with Crippen LogP contribution >= 0.6 is 0 Å². The summed E-state index contributed by atoms with van der Waals surface area (Å²) in [6.45, 7) is 3.00. The molecule has 0 heterocycles. The van der Waals surface area contributed by atoms with Gasteiger partial charge in [-0.25, -0.2) is 0 Å². The molecule has 1 aromatic carbocycles. The highest BCUT2D eigenvalue weighted by molar-refractivity contribution is 5.80. The molecule has 17 heavy (non-hydrogen) atoms. The Morgan fingerprint density at radius 1 is 1.35 bits per heavy atom. The molecule has 0 saturated heterocycles. The summed E-state index contributed by atoms with van der Waals surface area (Å²) < 4.78 is 0. The van der Waals surface area contributed by atoms with Crippen LogP contribution in [0.25, 0.3) is 0 Å². The summed E-state index contributed by atoms with van der Waals surface area (Å²) >= 11 is 0. The molecule has 90 valence electrons. The monoisotopic (exact) mass is 231 g/mol. The maximum Gasteiger partial charge on any atom is 0.239 e. The average Bonchev–Trinajstić information content (AvgIpc) is 2.36. The zero-order chi connectivity index (χ0) is 12.5. The third-order valence-electron chi connectivity index (χ3n) is 2.26. The van der Waals surface area contributed by atoms with Crippen molar-refractivity contribution < 1.29 is 4.79 Å². The summed E-state index contributed by atoms with van der Waals surface area (Å²) in [6.07, 6.45) is 1.35. The summed E-state index contributed by atoms with van der Waals surface area (Å²) in [7, 11) is 0. The number of amides is 1. The van der Waals surface area contributed by atoms with Crippen molar-refractivity contribution in [2.24, 2.45) is 0 Å². The zero-order valence-corrected chi connectivity index (χ0v) is 9.99. The lowest BCUT2D eigenvalue weighted by Crippen LogP contribution is -2.30. The molecule has 1 aromatic rings. The summed E-state index contributed by atoms with van der Waals surface area (Å²) in [5.41, 5.74) is 1.87. The smallest absolute Gasteiger partial charge is 0.239 e. The summed E-state index contributed by atoms with van der Waals surface area (Å²) in [5.74, 6) is -0.00653. The van der Waals surface area contributed by atoms with Crippen molar-refractivity contribution in [3.63, 3.8) is 0 Å². The Morgan fingerprint density at radius 2 is 2.06 bits per heavy atom. The van der Waals surface area contributed by atoms with Crippen LogP contribution in [0.15, 0.2) is 24.3 Å². The van der Waals surface area contributed by atoms with Crippen molar-refractivity contribution in [2.75, 3.05) is 18.4 Å². The minimum atomic E-state index is -0.00653. The van der Waals surface area contributed by atoms with E-state index < -0.39 is 0 Å². The van der Waals surface area contributed by atoms with Gasteiger partial charge in [0, 0.05) is 12.2 Å². The Bertz CT molecular complexity index is 392. The standard InChI is InChI=1S/C13H17N3O/c1-2-9-15-13(17)10-16-12-5-3-11(4-6-12)7-8-14/h3-6,16H,2,7,9-10H2,1H3,(H,15,17).